The maximum absolute atomic E-state index is 13.9. The van der Waals surface area contributed by atoms with Gasteiger partial charge in [-0.15, -0.1) is 0 Å². The molecule has 0 fully saturated rings. The van der Waals surface area contributed by atoms with Gasteiger partial charge in [-0.2, -0.15) is 5.26 Å². The van der Waals surface area contributed by atoms with Crippen LogP contribution in [0.2, 0.25) is 5.02 Å². The number of nitriles is 1. The molecule has 0 saturated carbocycles. The topological polar surface area (TPSA) is 96.0 Å². The summed E-state index contributed by atoms with van der Waals surface area (Å²) in [4.78, 5) is 22.4. The molecule has 122 valence electrons. The summed E-state index contributed by atoms with van der Waals surface area (Å²) in [7, 11) is 0. The van der Waals surface area contributed by atoms with Crippen molar-refractivity contribution < 1.29 is 14.1 Å². The zero-order chi connectivity index (χ0) is 17.7. The molecule has 1 atom stereocenters. The molecule has 0 aromatic heterocycles. The molecule has 24 heavy (non-hydrogen) atoms. The summed E-state index contributed by atoms with van der Waals surface area (Å²) < 4.78 is 13.9. The molecule has 2 rings (SSSR count). The Bertz CT molecular complexity index is 815. The lowest BCUT2D eigenvalue weighted by Crippen LogP contribution is -2.30. The van der Waals surface area contributed by atoms with Crippen molar-refractivity contribution >= 4 is 23.2 Å². The second kappa shape index (κ2) is 7.53. The normalized spacial score (nSPS) is 11.4. The molecule has 0 saturated heterocycles. The van der Waals surface area contributed by atoms with E-state index in [1.54, 1.807) is 12.1 Å². The third kappa shape index (κ3) is 3.86. The Kier molecular flexibility index (Phi) is 5.45. The van der Waals surface area contributed by atoms with Gasteiger partial charge in [0.15, 0.2) is 0 Å². The van der Waals surface area contributed by atoms with E-state index < -0.39 is 22.7 Å². The fraction of sp³-hybridized carbons (Fsp3) is 0.125. The molecular formula is C16H11ClFN3O3. The fourth-order valence-electron chi connectivity index (χ4n) is 2.18. The number of benzene rings is 2. The molecule has 8 heteroatoms. The smallest absolute Gasteiger partial charge is 0.273 e. The molecule has 1 amide bonds. The van der Waals surface area contributed by atoms with Gasteiger partial charge in [0.05, 0.1) is 17.4 Å². The van der Waals surface area contributed by atoms with Crippen molar-refractivity contribution in [3.05, 3.63) is 74.5 Å². The van der Waals surface area contributed by atoms with E-state index in [1.807, 2.05) is 0 Å². The van der Waals surface area contributed by atoms with Gasteiger partial charge < -0.3 is 5.32 Å². The van der Waals surface area contributed by atoms with Gasteiger partial charge in [-0.3, -0.25) is 14.9 Å². The Morgan fingerprint density at radius 1 is 1.33 bits per heavy atom. The highest BCUT2D eigenvalue weighted by atomic mass is 35.5. The number of hydrogen-bond donors (Lipinski definition) is 1. The number of carbonyl (C=O) groups excluding carboxylic acids is 1. The Labute approximate surface area is 141 Å². The van der Waals surface area contributed by atoms with Gasteiger partial charge >= 0.3 is 0 Å². The molecule has 1 unspecified atom stereocenters. The molecule has 0 aliphatic rings. The fourth-order valence-corrected chi connectivity index (χ4v) is 2.45. The summed E-state index contributed by atoms with van der Waals surface area (Å²) in [6, 6.07) is 10.1. The zero-order valence-electron chi connectivity index (χ0n) is 12.2. The van der Waals surface area contributed by atoms with Crippen molar-refractivity contribution in [3.63, 3.8) is 0 Å². The van der Waals surface area contributed by atoms with Crippen LogP contribution in [0.15, 0.2) is 42.5 Å². The number of nitrogens with zero attached hydrogens (tertiary/aromatic N) is 2. The number of nitrogens with one attached hydrogen (secondary N) is 1. The second-order valence-corrected chi connectivity index (χ2v) is 5.23. The van der Waals surface area contributed by atoms with Crippen LogP contribution in [0.3, 0.4) is 0 Å². The molecule has 6 nitrogen and oxygen atoms in total. The van der Waals surface area contributed by atoms with Crippen molar-refractivity contribution in [2.24, 2.45) is 0 Å². The SMILES string of the molecule is N#CC(NC(=O)Cc1ccccc1[N+](=O)[O-])c1c(F)cccc1Cl. The molecule has 0 radical (unpaired) electrons. The molecule has 1 N–H and O–H groups in total. The van der Waals surface area contributed by atoms with E-state index in [4.69, 9.17) is 11.6 Å². The van der Waals surface area contributed by atoms with Gasteiger partial charge in [0.1, 0.15) is 11.9 Å². The van der Waals surface area contributed by atoms with Crippen LogP contribution in [0.4, 0.5) is 10.1 Å². The van der Waals surface area contributed by atoms with Crippen LogP contribution in [0, 0.1) is 27.3 Å². The molecule has 2 aromatic rings. The first kappa shape index (κ1) is 17.4. The highest BCUT2D eigenvalue weighted by Crippen LogP contribution is 2.26. The molecule has 0 aliphatic heterocycles. The minimum absolute atomic E-state index is 0.00698. The summed E-state index contributed by atoms with van der Waals surface area (Å²) in [6.07, 6.45) is -0.318. The number of para-hydroxylation sites is 1. The number of hydrogen-bond acceptors (Lipinski definition) is 4. The summed E-state index contributed by atoms with van der Waals surface area (Å²) in [5, 5.41) is 22.5. The third-order valence-electron chi connectivity index (χ3n) is 3.26. The largest absolute Gasteiger partial charge is 0.336 e. The van der Waals surface area contributed by atoms with Gasteiger partial charge in [0.2, 0.25) is 5.91 Å². The van der Waals surface area contributed by atoms with Crippen LogP contribution in [0.25, 0.3) is 0 Å². The van der Waals surface area contributed by atoms with E-state index in [0.29, 0.717) is 0 Å². The summed E-state index contributed by atoms with van der Waals surface area (Å²) in [6.45, 7) is 0. The highest BCUT2D eigenvalue weighted by molar-refractivity contribution is 6.31. The number of rotatable bonds is 5. The average molecular weight is 348 g/mol. The van der Waals surface area contributed by atoms with E-state index in [2.05, 4.69) is 5.32 Å². The van der Waals surface area contributed by atoms with E-state index in [0.717, 1.165) is 6.07 Å². The van der Waals surface area contributed by atoms with Crippen molar-refractivity contribution in [1.29, 1.82) is 5.26 Å². The Hall–Kier alpha value is -2.98. The van der Waals surface area contributed by atoms with Gasteiger partial charge in [-0.1, -0.05) is 35.9 Å². The predicted molar refractivity (Wildman–Crippen MR) is 84.7 cm³/mol. The molecular weight excluding hydrogens is 337 g/mol. The van der Waals surface area contributed by atoms with Gasteiger partial charge in [-0.25, -0.2) is 4.39 Å². The minimum Gasteiger partial charge on any atom is -0.336 e. The molecule has 0 aliphatic carbocycles. The Morgan fingerprint density at radius 2 is 2.04 bits per heavy atom. The Morgan fingerprint density at radius 3 is 2.67 bits per heavy atom. The van der Waals surface area contributed by atoms with Crippen LogP contribution in [0.5, 0.6) is 0 Å². The first-order valence-electron chi connectivity index (χ1n) is 6.79. The Balaban J connectivity index is 2.20. The van der Waals surface area contributed by atoms with Gasteiger partial charge in [-0.05, 0) is 12.1 Å². The van der Waals surface area contributed by atoms with Crippen molar-refractivity contribution in [2.45, 2.75) is 12.5 Å². The van der Waals surface area contributed by atoms with Crippen LogP contribution < -0.4 is 5.32 Å². The molecule has 0 spiro atoms. The summed E-state index contributed by atoms with van der Waals surface area (Å²) in [5.41, 5.74) is -0.154. The van der Waals surface area contributed by atoms with Crippen LogP contribution in [-0.4, -0.2) is 10.8 Å². The lowest BCUT2D eigenvalue weighted by Gasteiger charge is -2.14. The van der Waals surface area contributed by atoms with Crippen LogP contribution >= 0.6 is 11.6 Å². The minimum atomic E-state index is -1.30. The third-order valence-corrected chi connectivity index (χ3v) is 3.59. The van der Waals surface area contributed by atoms with E-state index >= 15 is 0 Å². The average Bonchev–Trinajstić information content (AvgIpc) is 2.53. The zero-order valence-corrected chi connectivity index (χ0v) is 13.0. The van der Waals surface area contributed by atoms with Crippen LogP contribution in [0.1, 0.15) is 17.2 Å². The maximum Gasteiger partial charge on any atom is 0.273 e. The second-order valence-electron chi connectivity index (χ2n) is 4.83. The number of nitro groups is 1. The van der Waals surface area contributed by atoms with E-state index in [9.17, 15) is 24.6 Å². The first-order valence-corrected chi connectivity index (χ1v) is 7.17. The van der Waals surface area contributed by atoms with Gasteiger partial charge in [0.25, 0.3) is 5.69 Å². The lowest BCUT2D eigenvalue weighted by atomic mass is 10.1. The van der Waals surface area contributed by atoms with Crippen molar-refractivity contribution in [2.75, 3.05) is 0 Å². The van der Waals surface area contributed by atoms with E-state index in [-0.39, 0.29) is 28.3 Å². The highest BCUT2D eigenvalue weighted by Gasteiger charge is 2.22. The molecule has 2 aromatic carbocycles. The first-order chi connectivity index (χ1) is 11.4. The number of nitro benzene ring substituents is 1. The maximum atomic E-state index is 13.9. The van der Waals surface area contributed by atoms with Crippen LogP contribution in [-0.2, 0) is 11.2 Å². The standard InChI is InChI=1S/C16H11ClFN3O3/c17-11-5-3-6-12(18)16(11)13(9-19)20-15(22)8-10-4-1-2-7-14(10)21(23)24/h1-7,13H,8H2,(H,20,22). The predicted octanol–water partition coefficient (Wildman–Crippen LogP) is 3.31. The van der Waals surface area contributed by atoms with Gasteiger partial charge in [0, 0.05) is 22.2 Å². The number of carbonyl (C=O) groups is 1. The van der Waals surface area contributed by atoms with E-state index in [1.165, 1.54) is 30.3 Å². The summed E-state index contributed by atoms with van der Waals surface area (Å²) >= 11 is 5.88. The molecule has 0 heterocycles. The quantitative estimate of drug-likeness (QED) is 0.662. The number of halogens is 2. The monoisotopic (exact) mass is 347 g/mol. The number of amides is 1. The molecule has 0 bridgehead atoms. The van der Waals surface area contributed by atoms with Crippen molar-refractivity contribution in [1.82, 2.24) is 5.32 Å². The summed E-state index contributed by atoms with van der Waals surface area (Å²) in [5.74, 6) is -1.38. The van der Waals surface area contributed by atoms with Crippen molar-refractivity contribution in [3.8, 4) is 6.07 Å². The lowest BCUT2D eigenvalue weighted by molar-refractivity contribution is -0.385.